The third kappa shape index (κ3) is 2.12. The largest absolute Gasteiger partial charge is 0.493 e. The van der Waals surface area contributed by atoms with Crippen LogP contribution in [0.3, 0.4) is 0 Å². The number of carbonyl (C=O) groups excluding carboxylic acids is 1. The molecule has 3 rings (SSSR count). The van der Waals surface area contributed by atoms with Gasteiger partial charge in [0, 0.05) is 29.2 Å². The van der Waals surface area contributed by atoms with Crippen LogP contribution in [0, 0.1) is 6.92 Å². The van der Waals surface area contributed by atoms with Gasteiger partial charge >= 0.3 is 0 Å². The minimum absolute atomic E-state index is 0.0520. The van der Waals surface area contributed by atoms with Crippen molar-refractivity contribution in [3.8, 4) is 11.5 Å². The second-order valence-electron chi connectivity index (χ2n) is 5.00. The molecule has 1 aliphatic heterocycles. The maximum atomic E-state index is 11.9. The predicted molar refractivity (Wildman–Crippen MR) is 78.0 cm³/mol. The molecule has 0 saturated heterocycles. The number of methoxy groups -OCH3 is 2. The molecule has 0 aliphatic carbocycles. The monoisotopic (exact) mass is 287 g/mol. The number of benzene rings is 1. The van der Waals surface area contributed by atoms with E-state index < -0.39 is 0 Å². The average molecular weight is 287 g/mol. The van der Waals surface area contributed by atoms with Crippen LogP contribution in [-0.2, 0) is 4.79 Å². The van der Waals surface area contributed by atoms with Crippen LogP contribution in [0.4, 0.5) is 5.82 Å². The van der Waals surface area contributed by atoms with E-state index in [4.69, 9.17) is 9.47 Å². The lowest BCUT2D eigenvalue weighted by Crippen LogP contribution is -2.23. The molecule has 1 aliphatic rings. The highest BCUT2D eigenvalue weighted by Crippen LogP contribution is 2.44. The van der Waals surface area contributed by atoms with Crippen molar-refractivity contribution in [3.05, 3.63) is 35.0 Å². The predicted octanol–water partition coefficient (Wildman–Crippen LogP) is 2.21. The Morgan fingerprint density at radius 1 is 1.29 bits per heavy atom. The summed E-state index contributed by atoms with van der Waals surface area (Å²) in [4.78, 5) is 11.9. The zero-order chi connectivity index (χ0) is 15.0. The normalized spacial score (nSPS) is 17.1. The number of hydrogen-bond donors (Lipinski definition) is 2. The fourth-order valence-electron chi connectivity index (χ4n) is 2.88. The summed E-state index contributed by atoms with van der Waals surface area (Å²) in [5.41, 5.74) is 2.87. The molecule has 6 heteroatoms. The Balaban J connectivity index is 2.17. The molecule has 1 atom stereocenters. The molecule has 110 valence electrons. The summed E-state index contributed by atoms with van der Waals surface area (Å²) in [6.45, 7) is 1.95. The van der Waals surface area contributed by atoms with Crippen LogP contribution in [0.5, 0.6) is 11.5 Å². The minimum Gasteiger partial charge on any atom is -0.493 e. The van der Waals surface area contributed by atoms with Crippen LogP contribution in [0.1, 0.15) is 29.2 Å². The number of ether oxygens (including phenoxy) is 2. The van der Waals surface area contributed by atoms with Gasteiger partial charge in [0.15, 0.2) is 17.3 Å². The van der Waals surface area contributed by atoms with Crippen molar-refractivity contribution in [2.75, 3.05) is 19.5 Å². The van der Waals surface area contributed by atoms with Crippen molar-refractivity contribution in [2.24, 2.45) is 0 Å². The van der Waals surface area contributed by atoms with Gasteiger partial charge in [0.1, 0.15) is 0 Å². The van der Waals surface area contributed by atoms with E-state index >= 15 is 0 Å². The summed E-state index contributed by atoms with van der Waals surface area (Å²) in [6.07, 6.45) is 0.358. The van der Waals surface area contributed by atoms with Gasteiger partial charge in [0.25, 0.3) is 0 Å². The van der Waals surface area contributed by atoms with Gasteiger partial charge in [-0.3, -0.25) is 9.89 Å². The molecular weight excluding hydrogens is 270 g/mol. The summed E-state index contributed by atoms with van der Waals surface area (Å²) >= 11 is 0. The van der Waals surface area contributed by atoms with E-state index in [1.54, 1.807) is 14.2 Å². The van der Waals surface area contributed by atoms with Crippen molar-refractivity contribution in [2.45, 2.75) is 19.3 Å². The molecule has 1 aromatic heterocycles. The number of hydrogen-bond acceptors (Lipinski definition) is 4. The standard InChI is InChI=1S/C15H17N3O3/c1-8-13-10(7-12(19)16-15(13)18-17-8)9-5-4-6-11(20-2)14(9)21-3/h4-6,10H,7H2,1-3H3,(H2,16,17,18,19)/t10-/m1/s1. The van der Waals surface area contributed by atoms with Crippen LogP contribution in [0.2, 0.25) is 0 Å². The number of anilines is 1. The number of para-hydroxylation sites is 1. The number of aryl methyl sites for hydroxylation is 1. The topological polar surface area (TPSA) is 76.2 Å². The van der Waals surface area contributed by atoms with Crippen LogP contribution >= 0.6 is 0 Å². The first-order chi connectivity index (χ1) is 10.2. The molecule has 2 aromatic rings. The van der Waals surface area contributed by atoms with E-state index in [1.807, 2.05) is 25.1 Å². The summed E-state index contributed by atoms with van der Waals surface area (Å²) < 4.78 is 10.8. The highest BCUT2D eigenvalue weighted by molar-refractivity contribution is 5.94. The molecule has 2 N–H and O–H groups in total. The number of amides is 1. The van der Waals surface area contributed by atoms with Gasteiger partial charge in [-0.1, -0.05) is 12.1 Å². The van der Waals surface area contributed by atoms with Gasteiger partial charge in [0.2, 0.25) is 5.91 Å². The molecule has 0 saturated carbocycles. The molecule has 0 radical (unpaired) electrons. The average Bonchev–Trinajstić information content (AvgIpc) is 2.86. The van der Waals surface area contributed by atoms with Gasteiger partial charge in [-0.2, -0.15) is 5.10 Å². The van der Waals surface area contributed by atoms with E-state index in [1.165, 1.54) is 0 Å². The maximum absolute atomic E-state index is 11.9. The number of aromatic nitrogens is 2. The highest BCUT2D eigenvalue weighted by atomic mass is 16.5. The van der Waals surface area contributed by atoms with Gasteiger partial charge in [-0.05, 0) is 13.0 Å². The van der Waals surface area contributed by atoms with E-state index in [-0.39, 0.29) is 11.8 Å². The molecule has 0 fully saturated rings. The number of fused-ring (bicyclic) bond motifs is 1. The second-order valence-corrected chi connectivity index (χ2v) is 5.00. The first kappa shape index (κ1) is 13.5. The molecule has 1 amide bonds. The van der Waals surface area contributed by atoms with E-state index in [9.17, 15) is 4.79 Å². The van der Waals surface area contributed by atoms with Gasteiger partial charge in [0.05, 0.1) is 14.2 Å². The fourth-order valence-corrected chi connectivity index (χ4v) is 2.88. The molecule has 6 nitrogen and oxygen atoms in total. The van der Waals surface area contributed by atoms with E-state index in [0.717, 1.165) is 16.8 Å². The molecule has 2 heterocycles. The Hall–Kier alpha value is -2.50. The Bertz CT molecular complexity index is 693. The lowest BCUT2D eigenvalue weighted by Gasteiger charge is -2.25. The summed E-state index contributed by atoms with van der Waals surface area (Å²) in [6, 6.07) is 5.70. The SMILES string of the molecule is COc1cccc([C@H]2CC(=O)Nc3n[nH]c(C)c32)c1OC. The number of H-pyrrole nitrogens is 1. The molecule has 0 bridgehead atoms. The quantitative estimate of drug-likeness (QED) is 0.907. The second kappa shape index (κ2) is 5.12. The van der Waals surface area contributed by atoms with Gasteiger partial charge in [-0.15, -0.1) is 0 Å². The van der Waals surface area contributed by atoms with Crippen LogP contribution < -0.4 is 14.8 Å². The molecule has 0 spiro atoms. The Kier molecular flexibility index (Phi) is 3.29. The molecule has 21 heavy (non-hydrogen) atoms. The smallest absolute Gasteiger partial charge is 0.226 e. The van der Waals surface area contributed by atoms with E-state index in [2.05, 4.69) is 15.5 Å². The molecule has 0 unspecified atom stereocenters. The zero-order valence-corrected chi connectivity index (χ0v) is 12.2. The van der Waals surface area contributed by atoms with Crippen LogP contribution in [-0.4, -0.2) is 30.3 Å². The van der Waals surface area contributed by atoms with Crippen molar-refractivity contribution in [1.82, 2.24) is 10.2 Å². The lowest BCUT2D eigenvalue weighted by atomic mass is 9.85. The molecule has 1 aromatic carbocycles. The zero-order valence-electron chi connectivity index (χ0n) is 12.2. The number of aromatic amines is 1. The van der Waals surface area contributed by atoms with Gasteiger partial charge < -0.3 is 14.8 Å². The van der Waals surface area contributed by atoms with Crippen LogP contribution in [0.15, 0.2) is 18.2 Å². The van der Waals surface area contributed by atoms with E-state index in [0.29, 0.717) is 23.7 Å². The minimum atomic E-state index is -0.0995. The summed E-state index contributed by atoms with van der Waals surface area (Å²) in [7, 11) is 3.21. The van der Waals surface area contributed by atoms with Crippen molar-refractivity contribution in [3.63, 3.8) is 0 Å². The highest BCUT2D eigenvalue weighted by Gasteiger charge is 2.32. The van der Waals surface area contributed by atoms with Crippen LogP contribution in [0.25, 0.3) is 0 Å². The lowest BCUT2D eigenvalue weighted by molar-refractivity contribution is -0.116. The van der Waals surface area contributed by atoms with Crippen molar-refractivity contribution in [1.29, 1.82) is 0 Å². The Morgan fingerprint density at radius 2 is 2.10 bits per heavy atom. The summed E-state index contributed by atoms with van der Waals surface area (Å²) in [5.74, 6) is 1.76. The Morgan fingerprint density at radius 3 is 2.81 bits per heavy atom. The number of carbonyl (C=O) groups is 1. The first-order valence-corrected chi connectivity index (χ1v) is 6.71. The van der Waals surface area contributed by atoms with Crippen molar-refractivity contribution >= 4 is 11.7 Å². The first-order valence-electron chi connectivity index (χ1n) is 6.71. The number of nitrogens with zero attached hydrogens (tertiary/aromatic N) is 1. The third-order valence-electron chi connectivity index (χ3n) is 3.80. The molecular formula is C15H17N3O3. The van der Waals surface area contributed by atoms with Crippen molar-refractivity contribution < 1.29 is 14.3 Å². The van der Waals surface area contributed by atoms with Gasteiger partial charge in [-0.25, -0.2) is 0 Å². The summed E-state index contributed by atoms with van der Waals surface area (Å²) in [5, 5.41) is 9.87. The maximum Gasteiger partial charge on any atom is 0.226 e. The Labute approximate surface area is 122 Å². The number of nitrogens with one attached hydrogen (secondary N) is 2. The third-order valence-corrected chi connectivity index (χ3v) is 3.80. The number of rotatable bonds is 3. The fraction of sp³-hybridized carbons (Fsp3) is 0.333.